The summed E-state index contributed by atoms with van der Waals surface area (Å²) in [6, 6.07) is 4.92. The molecular formula is C13H23NS2. The largest absolute Gasteiger partial charge is 0.313 e. The monoisotopic (exact) mass is 257 g/mol. The molecule has 1 N–H and O–H groups in total. The molecular weight excluding hydrogens is 234 g/mol. The van der Waals surface area contributed by atoms with Crippen LogP contribution in [0.5, 0.6) is 0 Å². The molecule has 1 unspecified atom stereocenters. The summed E-state index contributed by atoms with van der Waals surface area (Å²) >= 11 is 3.87. The predicted molar refractivity (Wildman–Crippen MR) is 77.7 cm³/mol. The van der Waals surface area contributed by atoms with Gasteiger partial charge in [-0.15, -0.1) is 11.3 Å². The minimum atomic E-state index is 0.388. The van der Waals surface area contributed by atoms with E-state index in [2.05, 4.69) is 50.5 Å². The molecule has 0 aliphatic carbocycles. The molecule has 3 heteroatoms. The Morgan fingerprint density at radius 1 is 1.44 bits per heavy atom. The van der Waals surface area contributed by atoms with Crippen LogP contribution in [0.3, 0.4) is 0 Å². The van der Waals surface area contributed by atoms with E-state index in [0.29, 0.717) is 10.8 Å². The van der Waals surface area contributed by atoms with Crippen molar-refractivity contribution in [1.82, 2.24) is 5.32 Å². The van der Waals surface area contributed by atoms with Crippen molar-refractivity contribution >= 4 is 23.1 Å². The van der Waals surface area contributed by atoms with Gasteiger partial charge in [0.2, 0.25) is 0 Å². The van der Waals surface area contributed by atoms with Crippen LogP contribution >= 0.6 is 23.1 Å². The number of rotatable bonds is 6. The first-order chi connectivity index (χ1) is 7.47. The summed E-state index contributed by atoms with van der Waals surface area (Å²) in [6.45, 7) is 10.2. The first-order valence-electron chi connectivity index (χ1n) is 5.87. The summed E-state index contributed by atoms with van der Waals surface area (Å²) < 4.78 is 0.388. The van der Waals surface area contributed by atoms with E-state index in [1.165, 1.54) is 10.6 Å². The minimum absolute atomic E-state index is 0.388. The Balaban J connectivity index is 2.09. The maximum Gasteiger partial charge on any atom is 0.00873 e. The van der Waals surface area contributed by atoms with Gasteiger partial charge in [-0.25, -0.2) is 0 Å². The van der Waals surface area contributed by atoms with Crippen molar-refractivity contribution in [2.45, 2.75) is 44.9 Å². The highest BCUT2D eigenvalue weighted by molar-refractivity contribution is 8.00. The molecule has 0 amide bonds. The van der Waals surface area contributed by atoms with Crippen LogP contribution in [0.2, 0.25) is 0 Å². The molecule has 0 bridgehead atoms. The molecule has 1 heterocycles. The van der Waals surface area contributed by atoms with Crippen molar-refractivity contribution in [2.75, 3.05) is 12.3 Å². The zero-order valence-electron chi connectivity index (χ0n) is 10.7. The highest BCUT2D eigenvalue weighted by Crippen LogP contribution is 2.22. The minimum Gasteiger partial charge on any atom is -0.313 e. The van der Waals surface area contributed by atoms with Gasteiger partial charge in [0.05, 0.1) is 0 Å². The summed E-state index contributed by atoms with van der Waals surface area (Å²) in [7, 11) is 0. The number of hydrogen-bond acceptors (Lipinski definition) is 3. The molecule has 0 radical (unpaired) electrons. The number of nitrogens with one attached hydrogen (secondary N) is 1. The average molecular weight is 257 g/mol. The van der Waals surface area contributed by atoms with E-state index in [0.717, 1.165) is 13.0 Å². The van der Waals surface area contributed by atoms with Crippen molar-refractivity contribution in [2.24, 2.45) is 0 Å². The summed E-state index contributed by atoms with van der Waals surface area (Å²) in [5.41, 5.74) is 0. The topological polar surface area (TPSA) is 12.0 Å². The zero-order chi connectivity index (χ0) is 12.0. The van der Waals surface area contributed by atoms with E-state index in [1.807, 2.05) is 23.1 Å². The van der Waals surface area contributed by atoms with Gasteiger partial charge in [-0.3, -0.25) is 0 Å². The van der Waals surface area contributed by atoms with Gasteiger partial charge in [-0.05, 0) is 24.8 Å². The molecule has 0 spiro atoms. The van der Waals surface area contributed by atoms with Crippen molar-refractivity contribution in [1.29, 1.82) is 0 Å². The smallest absolute Gasteiger partial charge is 0.00873 e. The van der Waals surface area contributed by atoms with Gasteiger partial charge in [0.15, 0.2) is 0 Å². The molecule has 92 valence electrons. The average Bonchev–Trinajstić information content (AvgIpc) is 2.63. The van der Waals surface area contributed by atoms with E-state index in [4.69, 9.17) is 0 Å². The number of thioether (sulfide) groups is 1. The molecule has 1 rings (SSSR count). The van der Waals surface area contributed by atoms with E-state index in [-0.39, 0.29) is 0 Å². The normalized spacial score (nSPS) is 14.0. The van der Waals surface area contributed by atoms with Gasteiger partial charge in [0.1, 0.15) is 0 Å². The van der Waals surface area contributed by atoms with Crippen LogP contribution in [0.1, 0.15) is 32.6 Å². The second-order valence-electron chi connectivity index (χ2n) is 5.10. The standard InChI is InChI=1S/C13H23NS2/c1-11(10-12-6-5-8-15-12)14-7-9-16-13(2,3)4/h5-6,8,11,14H,7,9-10H2,1-4H3. The Labute approximate surface area is 108 Å². The van der Waals surface area contributed by atoms with Gasteiger partial charge in [0, 0.05) is 28.0 Å². The maximum absolute atomic E-state index is 3.58. The second kappa shape index (κ2) is 6.67. The quantitative estimate of drug-likeness (QED) is 0.778. The first-order valence-corrected chi connectivity index (χ1v) is 7.73. The molecule has 0 aliphatic rings. The molecule has 0 aromatic carbocycles. The van der Waals surface area contributed by atoms with Crippen molar-refractivity contribution < 1.29 is 0 Å². The van der Waals surface area contributed by atoms with Crippen LogP contribution in [0.4, 0.5) is 0 Å². The van der Waals surface area contributed by atoms with Gasteiger partial charge in [-0.2, -0.15) is 11.8 Å². The third kappa shape index (κ3) is 6.56. The van der Waals surface area contributed by atoms with Gasteiger partial charge >= 0.3 is 0 Å². The lowest BCUT2D eigenvalue weighted by Gasteiger charge is -2.19. The molecule has 1 atom stereocenters. The fourth-order valence-electron chi connectivity index (χ4n) is 1.47. The summed E-state index contributed by atoms with van der Waals surface area (Å²) in [5, 5.41) is 5.73. The van der Waals surface area contributed by atoms with Crippen molar-refractivity contribution in [3.05, 3.63) is 22.4 Å². The third-order valence-electron chi connectivity index (χ3n) is 2.22. The predicted octanol–water partition coefficient (Wildman–Crippen LogP) is 3.80. The first kappa shape index (κ1) is 14.1. The molecule has 1 aromatic rings. The third-order valence-corrected chi connectivity index (χ3v) is 4.39. The van der Waals surface area contributed by atoms with E-state index >= 15 is 0 Å². The molecule has 0 fully saturated rings. The lowest BCUT2D eigenvalue weighted by molar-refractivity contribution is 0.570. The van der Waals surface area contributed by atoms with Crippen LogP contribution in [-0.4, -0.2) is 23.1 Å². The molecule has 0 saturated carbocycles. The Morgan fingerprint density at radius 3 is 2.75 bits per heavy atom. The second-order valence-corrected chi connectivity index (χ2v) is 8.05. The highest BCUT2D eigenvalue weighted by atomic mass is 32.2. The maximum atomic E-state index is 3.58. The van der Waals surface area contributed by atoms with Crippen LogP contribution in [0.15, 0.2) is 17.5 Å². The number of hydrogen-bond donors (Lipinski definition) is 1. The summed E-state index contributed by atoms with van der Waals surface area (Å²) in [5.74, 6) is 1.19. The van der Waals surface area contributed by atoms with Gasteiger partial charge in [-0.1, -0.05) is 26.8 Å². The van der Waals surface area contributed by atoms with Gasteiger partial charge in [0.25, 0.3) is 0 Å². The lowest BCUT2D eigenvalue weighted by Crippen LogP contribution is -2.30. The van der Waals surface area contributed by atoms with Crippen LogP contribution in [-0.2, 0) is 6.42 Å². The van der Waals surface area contributed by atoms with Gasteiger partial charge < -0.3 is 5.32 Å². The fourth-order valence-corrected chi connectivity index (χ4v) is 3.13. The SMILES string of the molecule is CC(Cc1cccs1)NCCSC(C)(C)C. The van der Waals surface area contributed by atoms with Crippen molar-refractivity contribution in [3.8, 4) is 0 Å². The summed E-state index contributed by atoms with van der Waals surface area (Å²) in [4.78, 5) is 1.48. The Hall–Kier alpha value is 0.01000. The Morgan fingerprint density at radius 2 is 2.19 bits per heavy atom. The van der Waals surface area contributed by atoms with Crippen LogP contribution in [0.25, 0.3) is 0 Å². The molecule has 16 heavy (non-hydrogen) atoms. The molecule has 1 nitrogen and oxygen atoms in total. The van der Waals surface area contributed by atoms with E-state index < -0.39 is 0 Å². The van der Waals surface area contributed by atoms with E-state index in [1.54, 1.807) is 0 Å². The molecule has 0 saturated heterocycles. The fraction of sp³-hybridized carbons (Fsp3) is 0.692. The highest BCUT2D eigenvalue weighted by Gasteiger charge is 2.10. The number of thiophene rings is 1. The Bertz CT molecular complexity index is 275. The lowest BCUT2D eigenvalue weighted by atomic mass is 10.2. The zero-order valence-corrected chi connectivity index (χ0v) is 12.4. The van der Waals surface area contributed by atoms with E-state index in [9.17, 15) is 0 Å². The van der Waals surface area contributed by atoms with Crippen LogP contribution in [0, 0.1) is 0 Å². The summed E-state index contributed by atoms with van der Waals surface area (Å²) in [6.07, 6.45) is 1.15. The molecule has 0 aliphatic heterocycles. The molecule has 1 aromatic heterocycles. The Kier molecular flexibility index (Phi) is 5.87. The van der Waals surface area contributed by atoms with Crippen molar-refractivity contribution in [3.63, 3.8) is 0 Å². The van der Waals surface area contributed by atoms with Crippen LogP contribution < -0.4 is 5.32 Å².